The molecular formula is C28H32N6O3S2. The fraction of sp³-hybridized carbons (Fsp3) is 0.321. The number of carbonyl (C=O) groups is 1. The van der Waals surface area contributed by atoms with E-state index in [4.69, 9.17) is 5.10 Å². The van der Waals surface area contributed by atoms with Crippen molar-refractivity contribution in [1.29, 1.82) is 0 Å². The van der Waals surface area contributed by atoms with Crippen molar-refractivity contribution in [2.75, 3.05) is 35.2 Å². The molecule has 0 aliphatic carbocycles. The standard InChI is InChI=1S/C28H32N6O3S2/c1-28(2,3)24-17-25(30-26(35)31-27-29-23(19-38-27)21-7-5-4-6-8-21)34(32-24)22-11-9-20(10-12-22)18-33-13-15-39(36,37)16-14-33/h4-12,17,19H,13-16,18H2,1-3H3,(H2,29,30,31,35). The Balaban J connectivity index is 1.30. The number of urea groups is 1. The average molecular weight is 565 g/mol. The molecule has 39 heavy (non-hydrogen) atoms. The normalized spacial score (nSPS) is 15.7. The van der Waals surface area contributed by atoms with Crippen LogP contribution in [-0.2, 0) is 21.8 Å². The zero-order valence-corrected chi connectivity index (χ0v) is 23.8. The fourth-order valence-electron chi connectivity index (χ4n) is 4.26. The van der Waals surface area contributed by atoms with Gasteiger partial charge in [-0.3, -0.25) is 15.5 Å². The number of anilines is 2. The summed E-state index contributed by atoms with van der Waals surface area (Å²) >= 11 is 1.37. The van der Waals surface area contributed by atoms with Gasteiger partial charge >= 0.3 is 6.03 Å². The second-order valence-electron chi connectivity index (χ2n) is 10.7. The predicted octanol–water partition coefficient (Wildman–Crippen LogP) is 5.17. The Morgan fingerprint density at radius 2 is 1.69 bits per heavy atom. The van der Waals surface area contributed by atoms with E-state index < -0.39 is 15.9 Å². The molecule has 1 fully saturated rings. The van der Waals surface area contributed by atoms with Crippen molar-refractivity contribution in [3.63, 3.8) is 0 Å². The summed E-state index contributed by atoms with van der Waals surface area (Å²) in [6, 6.07) is 19.3. The number of hydrogen-bond acceptors (Lipinski definition) is 7. The molecular weight excluding hydrogens is 532 g/mol. The van der Waals surface area contributed by atoms with Gasteiger partial charge in [0, 0.05) is 42.1 Å². The molecule has 0 atom stereocenters. The molecule has 2 N–H and O–H groups in total. The topological polar surface area (TPSA) is 109 Å². The lowest BCUT2D eigenvalue weighted by atomic mass is 9.92. The van der Waals surface area contributed by atoms with Crippen molar-refractivity contribution in [2.45, 2.75) is 32.7 Å². The number of thiazole rings is 1. The maximum atomic E-state index is 12.9. The fourth-order valence-corrected chi connectivity index (χ4v) is 6.25. The predicted molar refractivity (Wildman–Crippen MR) is 156 cm³/mol. The molecule has 0 bridgehead atoms. The van der Waals surface area contributed by atoms with Crippen LogP contribution in [0.1, 0.15) is 32.0 Å². The molecule has 1 aliphatic heterocycles. The summed E-state index contributed by atoms with van der Waals surface area (Å²) in [5.41, 5.74) is 4.33. The van der Waals surface area contributed by atoms with Crippen LogP contribution in [0.15, 0.2) is 66.0 Å². The SMILES string of the molecule is CC(C)(C)c1cc(NC(=O)Nc2nc(-c3ccccc3)cs2)n(-c2ccc(CN3CCS(=O)(=O)CC3)cc2)n1. The monoisotopic (exact) mass is 564 g/mol. The zero-order chi connectivity index (χ0) is 27.6. The Kier molecular flexibility index (Phi) is 7.57. The highest BCUT2D eigenvalue weighted by Gasteiger charge is 2.23. The minimum absolute atomic E-state index is 0.208. The van der Waals surface area contributed by atoms with Crippen molar-refractivity contribution in [3.05, 3.63) is 77.3 Å². The summed E-state index contributed by atoms with van der Waals surface area (Å²) in [4.78, 5) is 19.6. The van der Waals surface area contributed by atoms with Crippen LogP contribution < -0.4 is 10.6 Å². The van der Waals surface area contributed by atoms with Gasteiger partial charge in [0.25, 0.3) is 0 Å². The third-order valence-electron chi connectivity index (χ3n) is 6.54. The third-order valence-corrected chi connectivity index (χ3v) is 8.90. The highest BCUT2D eigenvalue weighted by atomic mass is 32.2. The van der Waals surface area contributed by atoms with Crippen LogP contribution >= 0.6 is 11.3 Å². The van der Waals surface area contributed by atoms with Gasteiger partial charge < -0.3 is 0 Å². The highest BCUT2D eigenvalue weighted by molar-refractivity contribution is 7.91. The first kappa shape index (κ1) is 27.0. The summed E-state index contributed by atoms with van der Waals surface area (Å²) in [5, 5.41) is 13.0. The molecule has 3 heterocycles. The van der Waals surface area contributed by atoms with Gasteiger partial charge in [-0.05, 0) is 17.7 Å². The zero-order valence-electron chi connectivity index (χ0n) is 22.2. The van der Waals surface area contributed by atoms with Crippen molar-refractivity contribution in [1.82, 2.24) is 19.7 Å². The Morgan fingerprint density at radius 3 is 2.36 bits per heavy atom. The molecule has 5 rings (SSSR count). The van der Waals surface area contributed by atoms with E-state index in [0.29, 0.717) is 30.6 Å². The highest BCUT2D eigenvalue weighted by Crippen LogP contribution is 2.28. The van der Waals surface area contributed by atoms with Gasteiger partial charge in [0.2, 0.25) is 0 Å². The molecule has 1 aliphatic rings. The number of aromatic nitrogens is 3. The number of nitrogens with zero attached hydrogens (tertiary/aromatic N) is 4. The van der Waals surface area contributed by atoms with Gasteiger partial charge in [-0.25, -0.2) is 22.9 Å². The van der Waals surface area contributed by atoms with Gasteiger partial charge in [0.05, 0.1) is 28.6 Å². The number of amides is 2. The maximum absolute atomic E-state index is 12.9. The number of nitrogens with one attached hydrogen (secondary N) is 2. The van der Waals surface area contributed by atoms with Gasteiger partial charge in [-0.15, -0.1) is 11.3 Å². The Labute approximate surface area is 232 Å². The lowest BCUT2D eigenvalue weighted by molar-refractivity contribution is 0.262. The molecule has 0 radical (unpaired) electrons. The minimum atomic E-state index is -2.90. The summed E-state index contributed by atoms with van der Waals surface area (Å²) < 4.78 is 25.2. The Morgan fingerprint density at radius 1 is 1.00 bits per heavy atom. The number of hydrogen-bond donors (Lipinski definition) is 2. The van der Waals surface area contributed by atoms with E-state index in [1.54, 1.807) is 4.68 Å². The largest absolute Gasteiger partial charge is 0.326 e. The molecule has 2 aromatic heterocycles. The second-order valence-corrected chi connectivity index (χ2v) is 13.8. The molecule has 11 heteroatoms. The molecule has 0 saturated carbocycles. The van der Waals surface area contributed by atoms with Crippen LogP contribution in [0, 0.1) is 0 Å². The van der Waals surface area contributed by atoms with Crippen LogP contribution in [0.3, 0.4) is 0 Å². The Bertz CT molecular complexity index is 1540. The molecule has 0 unspecified atom stereocenters. The Hall–Kier alpha value is -3.54. The first-order chi connectivity index (χ1) is 18.6. The van der Waals surface area contributed by atoms with Crippen molar-refractivity contribution >= 4 is 38.2 Å². The second kappa shape index (κ2) is 10.9. The van der Waals surface area contributed by atoms with E-state index in [-0.39, 0.29) is 16.9 Å². The van der Waals surface area contributed by atoms with Gasteiger partial charge in [0.15, 0.2) is 15.0 Å². The lowest BCUT2D eigenvalue weighted by Crippen LogP contribution is -2.39. The van der Waals surface area contributed by atoms with Gasteiger partial charge in [-0.1, -0.05) is 63.2 Å². The third kappa shape index (κ3) is 6.73. The van der Waals surface area contributed by atoms with Crippen molar-refractivity contribution in [3.8, 4) is 16.9 Å². The number of sulfone groups is 1. The summed E-state index contributed by atoms with van der Waals surface area (Å²) in [6.45, 7) is 8.01. The first-order valence-corrected chi connectivity index (χ1v) is 15.5. The molecule has 204 valence electrons. The van der Waals surface area contributed by atoms with Gasteiger partial charge in [-0.2, -0.15) is 5.10 Å². The number of rotatable bonds is 6. The van der Waals surface area contributed by atoms with Gasteiger partial charge in [0.1, 0.15) is 5.82 Å². The minimum Gasteiger partial charge on any atom is -0.297 e. The average Bonchev–Trinajstić information content (AvgIpc) is 3.54. The van der Waals surface area contributed by atoms with E-state index in [1.807, 2.05) is 66.0 Å². The maximum Gasteiger partial charge on any atom is 0.326 e. The molecule has 0 spiro atoms. The quantitative estimate of drug-likeness (QED) is 0.335. The van der Waals surface area contributed by atoms with Crippen LogP contribution in [0.25, 0.3) is 16.9 Å². The van der Waals surface area contributed by atoms with E-state index in [2.05, 4.69) is 41.3 Å². The van der Waals surface area contributed by atoms with Crippen molar-refractivity contribution < 1.29 is 13.2 Å². The molecule has 2 amide bonds. The van der Waals surface area contributed by atoms with E-state index in [0.717, 1.165) is 28.2 Å². The molecule has 2 aromatic carbocycles. The summed E-state index contributed by atoms with van der Waals surface area (Å²) in [7, 11) is -2.90. The van der Waals surface area contributed by atoms with Crippen LogP contribution in [-0.4, -0.2) is 58.7 Å². The lowest BCUT2D eigenvalue weighted by Gasteiger charge is -2.26. The van der Waals surface area contributed by atoms with Crippen LogP contribution in [0.5, 0.6) is 0 Å². The molecule has 1 saturated heterocycles. The van der Waals surface area contributed by atoms with E-state index in [9.17, 15) is 13.2 Å². The van der Waals surface area contributed by atoms with Crippen molar-refractivity contribution in [2.24, 2.45) is 0 Å². The molecule has 9 nitrogen and oxygen atoms in total. The van der Waals surface area contributed by atoms with E-state index >= 15 is 0 Å². The summed E-state index contributed by atoms with van der Waals surface area (Å²) in [6.07, 6.45) is 0. The number of carbonyl (C=O) groups excluding carboxylic acids is 1. The first-order valence-electron chi connectivity index (χ1n) is 12.8. The smallest absolute Gasteiger partial charge is 0.297 e. The van der Waals surface area contributed by atoms with E-state index in [1.165, 1.54) is 11.3 Å². The number of benzene rings is 2. The molecule has 4 aromatic rings. The van der Waals surface area contributed by atoms with Crippen LogP contribution in [0.4, 0.5) is 15.7 Å². The summed E-state index contributed by atoms with van der Waals surface area (Å²) in [5.74, 6) is 0.963. The van der Waals surface area contributed by atoms with Crippen LogP contribution in [0.2, 0.25) is 0 Å².